The summed E-state index contributed by atoms with van der Waals surface area (Å²) >= 11 is 0.839. The van der Waals surface area contributed by atoms with Crippen LogP contribution in [0.2, 0.25) is 0 Å². The number of benzene rings is 2. The van der Waals surface area contributed by atoms with Gasteiger partial charge in [0.25, 0.3) is 18.2 Å². The Morgan fingerprint density at radius 3 is 2.06 bits per heavy atom. The second kappa shape index (κ2) is 13.3. The standard InChI is InChI=1S/C28H15F13IN3O4/c29-18-7-6-12(10-43-18)23(47)45(49-24(48)11-4-5-11)17-3-1-2-14(19(17)30)22(46)44-20-15(21(31)32)8-13(9-16(20)42)25(33,27(36,37)38)26(34,35)28(39,40)41/h1-3,6-11,21H,4-5H2,(H,44,46). The molecule has 1 unspecified atom stereocenters. The highest BCUT2D eigenvalue weighted by Crippen LogP contribution is 2.59. The van der Waals surface area contributed by atoms with Crippen molar-refractivity contribution in [2.45, 2.75) is 43.2 Å². The number of pyridine rings is 1. The van der Waals surface area contributed by atoms with E-state index in [0.29, 0.717) is 25.1 Å². The molecule has 0 saturated heterocycles. The molecule has 49 heavy (non-hydrogen) atoms. The van der Waals surface area contributed by atoms with Gasteiger partial charge >= 0.3 is 29.9 Å². The first-order valence-corrected chi connectivity index (χ1v) is 14.2. The summed E-state index contributed by atoms with van der Waals surface area (Å²) in [6.45, 7) is 0. The third-order valence-corrected chi connectivity index (χ3v) is 7.71. The van der Waals surface area contributed by atoms with Gasteiger partial charge in [0.15, 0.2) is 5.82 Å². The number of rotatable bonds is 8. The lowest BCUT2D eigenvalue weighted by Gasteiger charge is -2.36. The van der Waals surface area contributed by atoms with E-state index in [1.165, 1.54) is 0 Å². The van der Waals surface area contributed by atoms with E-state index in [0.717, 1.165) is 46.9 Å². The van der Waals surface area contributed by atoms with Crippen molar-refractivity contribution >= 4 is 51.7 Å². The fraction of sp³-hybridized carbons (Fsp3) is 0.286. The van der Waals surface area contributed by atoms with Crippen LogP contribution in [0.3, 0.4) is 0 Å². The number of carbonyl (C=O) groups excluding carboxylic acids is 3. The van der Waals surface area contributed by atoms with Gasteiger partial charge in [0.05, 0.1) is 22.7 Å². The Hall–Kier alpha value is -4.18. The van der Waals surface area contributed by atoms with Gasteiger partial charge in [-0.1, -0.05) is 6.07 Å². The summed E-state index contributed by atoms with van der Waals surface area (Å²) in [4.78, 5) is 46.9. The largest absolute Gasteiger partial charge is 0.457 e. The Labute approximate surface area is 278 Å². The van der Waals surface area contributed by atoms with Crippen LogP contribution in [0, 0.1) is 21.3 Å². The molecule has 1 atom stereocenters. The highest BCUT2D eigenvalue weighted by Gasteiger charge is 2.81. The lowest BCUT2D eigenvalue weighted by atomic mass is 9.86. The SMILES string of the molecule is O=C(Nc1c(I)cc(C(F)(C(F)(F)F)C(F)(F)C(F)(F)F)cc1C(F)F)c1cccc(N(OC(=O)C2CC2)C(=O)c2ccc(F)nc2)c1F. The Morgan fingerprint density at radius 1 is 0.918 bits per heavy atom. The van der Waals surface area contributed by atoms with Gasteiger partial charge in [0.2, 0.25) is 5.95 Å². The van der Waals surface area contributed by atoms with Crippen LogP contribution in [-0.4, -0.2) is 41.0 Å². The van der Waals surface area contributed by atoms with E-state index in [9.17, 15) is 62.7 Å². The Bertz CT molecular complexity index is 1780. The van der Waals surface area contributed by atoms with E-state index in [2.05, 4.69) is 4.98 Å². The zero-order valence-corrected chi connectivity index (χ0v) is 25.7. The summed E-state index contributed by atoms with van der Waals surface area (Å²) in [6.07, 6.45) is -16.8. The summed E-state index contributed by atoms with van der Waals surface area (Å²) < 4.78 is 179. The minimum absolute atomic E-state index is 0.0869. The van der Waals surface area contributed by atoms with Crippen molar-refractivity contribution in [2.75, 3.05) is 10.4 Å². The molecule has 1 aromatic heterocycles. The zero-order chi connectivity index (χ0) is 36.9. The molecule has 2 amide bonds. The molecule has 1 heterocycles. The average Bonchev–Trinajstić information content (AvgIpc) is 3.85. The van der Waals surface area contributed by atoms with Crippen LogP contribution in [0.1, 0.15) is 51.1 Å². The number of hydroxylamine groups is 1. The van der Waals surface area contributed by atoms with Crippen molar-refractivity contribution < 1.29 is 76.3 Å². The van der Waals surface area contributed by atoms with Crippen molar-refractivity contribution in [3.05, 3.63) is 86.3 Å². The monoisotopic (exact) mass is 831 g/mol. The molecule has 1 fully saturated rings. The minimum atomic E-state index is -7.19. The van der Waals surface area contributed by atoms with E-state index in [1.807, 2.05) is 0 Å². The van der Waals surface area contributed by atoms with Crippen LogP contribution in [0.25, 0.3) is 0 Å². The number of hydrogen-bond acceptors (Lipinski definition) is 5. The van der Waals surface area contributed by atoms with Gasteiger partial charge in [-0.15, -0.1) is 5.06 Å². The number of aromatic nitrogens is 1. The molecule has 4 rings (SSSR count). The van der Waals surface area contributed by atoms with E-state index in [-0.39, 0.29) is 11.1 Å². The number of nitrogens with zero attached hydrogens (tertiary/aromatic N) is 2. The van der Waals surface area contributed by atoms with E-state index in [4.69, 9.17) is 4.84 Å². The molecular formula is C28H15F13IN3O4. The lowest BCUT2D eigenvalue weighted by Crippen LogP contribution is -2.59. The molecule has 2 aromatic carbocycles. The number of amides is 2. The normalized spacial score (nSPS) is 15.1. The van der Waals surface area contributed by atoms with Gasteiger partial charge in [-0.3, -0.25) is 9.59 Å². The maximum Gasteiger partial charge on any atom is 0.457 e. The molecule has 21 heteroatoms. The molecule has 1 aliphatic carbocycles. The molecule has 1 aliphatic rings. The summed E-state index contributed by atoms with van der Waals surface area (Å²) in [5, 5.41) is 1.75. The maximum atomic E-state index is 15.8. The van der Waals surface area contributed by atoms with Gasteiger partial charge < -0.3 is 10.2 Å². The summed E-state index contributed by atoms with van der Waals surface area (Å²) in [7, 11) is 0. The van der Waals surface area contributed by atoms with Gasteiger partial charge in [0, 0.05) is 20.9 Å². The molecule has 1 N–H and O–H groups in total. The summed E-state index contributed by atoms with van der Waals surface area (Å²) in [5.74, 6) is -14.6. The fourth-order valence-electron chi connectivity index (χ4n) is 4.19. The second-order valence-corrected chi connectivity index (χ2v) is 11.4. The Morgan fingerprint density at radius 2 is 1.55 bits per heavy atom. The Balaban J connectivity index is 1.77. The van der Waals surface area contributed by atoms with Crippen molar-refractivity contribution in [3.63, 3.8) is 0 Å². The van der Waals surface area contributed by atoms with Gasteiger partial charge in [-0.05, 0) is 71.8 Å². The fourth-order valence-corrected chi connectivity index (χ4v) is 4.97. The number of anilines is 2. The number of alkyl halides is 11. The first-order valence-electron chi connectivity index (χ1n) is 13.1. The molecule has 3 aromatic rings. The van der Waals surface area contributed by atoms with Crippen LogP contribution in [-0.2, 0) is 15.3 Å². The molecule has 264 valence electrons. The van der Waals surface area contributed by atoms with E-state index in [1.54, 1.807) is 5.32 Å². The van der Waals surface area contributed by atoms with Gasteiger partial charge in [-0.2, -0.15) is 39.5 Å². The quantitative estimate of drug-likeness (QED) is 0.106. The summed E-state index contributed by atoms with van der Waals surface area (Å²) in [6, 6.07) is 3.04. The molecule has 0 radical (unpaired) electrons. The second-order valence-electron chi connectivity index (χ2n) is 10.2. The first-order chi connectivity index (χ1) is 22.5. The number of nitrogens with one attached hydrogen (secondary N) is 1. The lowest BCUT2D eigenvalue weighted by molar-refractivity contribution is -0.389. The molecule has 7 nitrogen and oxygen atoms in total. The highest BCUT2D eigenvalue weighted by molar-refractivity contribution is 14.1. The third kappa shape index (κ3) is 7.11. The van der Waals surface area contributed by atoms with Crippen LogP contribution in [0.4, 0.5) is 68.5 Å². The Kier molecular flexibility index (Phi) is 10.2. The van der Waals surface area contributed by atoms with Gasteiger partial charge in [-0.25, -0.2) is 27.3 Å². The molecule has 0 spiro atoms. The molecule has 1 saturated carbocycles. The third-order valence-electron chi connectivity index (χ3n) is 6.86. The minimum Gasteiger partial charge on any atom is -0.332 e. The van der Waals surface area contributed by atoms with Crippen LogP contribution >= 0.6 is 22.6 Å². The molecular weight excluding hydrogens is 816 g/mol. The zero-order valence-electron chi connectivity index (χ0n) is 23.5. The van der Waals surface area contributed by atoms with Crippen molar-refractivity contribution in [3.8, 4) is 0 Å². The van der Waals surface area contributed by atoms with Crippen LogP contribution < -0.4 is 10.4 Å². The van der Waals surface area contributed by atoms with Crippen LogP contribution in [0.15, 0.2) is 48.7 Å². The first kappa shape index (κ1) is 37.6. The van der Waals surface area contributed by atoms with E-state index >= 15 is 8.78 Å². The smallest absolute Gasteiger partial charge is 0.332 e. The summed E-state index contributed by atoms with van der Waals surface area (Å²) in [5.41, 5.74) is -14.8. The van der Waals surface area contributed by atoms with Crippen molar-refractivity contribution in [1.29, 1.82) is 0 Å². The molecule has 0 bridgehead atoms. The van der Waals surface area contributed by atoms with Crippen molar-refractivity contribution in [2.24, 2.45) is 5.92 Å². The molecule has 0 aliphatic heterocycles. The van der Waals surface area contributed by atoms with E-state index < -0.39 is 109 Å². The predicted octanol–water partition coefficient (Wildman–Crippen LogP) is 8.59. The number of carbonyl (C=O) groups is 3. The highest BCUT2D eigenvalue weighted by atomic mass is 127. The number of hydrogen-bond donors (Lipinski definition) is 1. The topological polar surface area (TPSA) is 88.6 Å². The average molecular weight is 831 g/mol. The predicted molar refractivity (Wildman–Crippen MR) is 148 cm³/mol. The van der Waals surface area contributed by atoms with Crippen LogP contribution in [0.5, 0.6) is 0 Å². The van der Waals surface area contributed by atoms with Gasteiger partial charge in [0.1, 0.15) is 5.69 Å². The number of halogens is 14. The van der Waals surface area contributed by atoms with Crippen molar-refractivity contribution in [1.82, 2.24) is 4.98 Å². The maximum absolute atomic E-state index is 15.8.